The molecular weight excluding hydrogens is 294 g/mol. The first-order valence-corrected chi connectivity index (χ1v) is 7.21. The van der Waals surface area contributed by atoms with Gasteiger partial charge < -0.3 is 9.47 Å². The van der Waals surface area contributed by atoms with Crippen LogP contribution >= 0.6 is 15.9 Å². The van der Waals surface area contributed by atoms with Crippen molar-refractivity contribution in [3.63, 3.8) is 0 Å². The monoisotopic (exact) mass is 313 g/mol. The fourth-order valence-corrected chi connectivity index (χ4v) is 2.73. The fraction of sp³-hybridized carbons (Fsp3) is 0.571. The zero-order valence-electron chi connectivity index (χ0n) is 10.8. The molecule has 0 unspecified atom stereocenters. The van der Waals surface area contributed by atoms with Crippen molar-refractivity contribution in [1.82, 2.24) is 4.90 Å². The number of morpholine rings is 1. The van der Waals surface area contributed by atoms with Crippen molar-refractivity contribution in [1.29, 1.82) is 0 Å². The number of methoxy groups -OCH3 is 1. The summed E-state index contributed by atoms with van der Waals surface area (Å²) in [6, 6.07) is 6.28. The lowest BCUT2D eigenvalue weighted by atomic mass is 10.1. The Kier molecular flexibility index (Phi) is 5.47. The Morgan fingerprint density at radius 3 is 2.78 bits per heavy atom. The molecule has 0 saturated carbocycles. The van der Waals surface area contributed by atoms with E-state index in [1.165, 1.54) is 12.0 Å². The molecular formula is C14H20BrNO2. The van der Waals surface area contributed by atoms with Crippen molar-refractivity contribution >= 4 is 15.9 Å². The van der Waals surface area contributed by atoms with Gasteiger partial charge in [-0.05, 0) is 43.1 Å². The zero-order chi connectivity index (χ0) is 12.8. The third-order valence-corrected chi connectivity index (χ3v) is 3.67. The van der Waals surface area contributed by atoms with Gasteiger partial charge in [-0.25, -0.2) is 0 Å². The van der Waals surface area contributed by atoms with Gasteiger partial charge in [0.2, 0.25) is 0 Å². The standard InChI is InChI=1S/C14H20BrNO2/c1-17-14-10-12(9-13(15)11-14)3-2-4-16-5-7-18-8-6-16/h9-11H,2-8H2,1H3. The van der Waals surface area contributed by atoms with Crippen LogP contribution in [0.4, 0.5) is 0 Å². The maximum Gasteiger partial charge on any atom is 0.120 e. The lowest BCUT2D eigenvalue weighted by molar-refractivity contribution is 0.0374. The van der Waals surface area contributed by atoms with Crippen LogP contribution in [0.15, 0.2) is 22.7 Å². The topological polar surface area (TPSA) is 21.7 Å². The van der Waals surface area contributed by atoms with Crippen LogP contribution in [0.2, 0.25) is 0 Å². The highest BCUT2D eigenvalue weighted by Gasteiger charge is 2.09. The van der Waals surface area contributed by atoms with Crippen molar-refractivity contribution in [3.8, 4) is 5.75 Å². The third kappa shape index (κ3) is 4.26. The fourth-order valence-electron chi connectivity index (χ4n) is 2.21. The van der Waals surface area contributed by atoms with Gasteiger partial charge in [0.1, 0.15) is 5.75 Å². The highest BCUT2D eigenvalue weighted by molar-refractivity contribution is 9.10. The lowest BCUT2D eigenvalue weighted by Gasteiger charge is -2.26. The Morgan fingerprint density at radius 2 is 2.06 bits per heavy atom. The molecule has 1 fully saturated rings. The molecule has 1 aliphatic rings. The second-order valence-corrected chi connectivity index (χ2v) is 5.47. The molecule has 0 atom stereocenters. The van der Waals surface area contributed by atoms with E-state index < -0.39 is 0 Å². The number of aryl methyl sites for hydroxylation is 1. The summed E-state index contributed by atoms with van der Waals surface area (Å²) in [6.45, 7) is 5.05. The van der Waals surface area contributed by atoms with Crippen LogP contribution in [0.5, 0.6) is 5.75 Å². The average molecular weight is 314 g/mol. The molecule has 1 aromatic rings. The minimum atomic E-state index is 0.880. The third-order valence-electron chi connectivity index (χ3n) is 3.21. The van der Waals surface area contributed by atoms with Gasteiger partial charge in [-0.1, -0.05) is 15.9 Å². The predicted molar refractivity (Wildman–Crippen MR) is 76.3 cm³/mol. The quantitative estimate of drug-likeness (QED) is 0.834. The second kappa shape index (κ2) is 7.12. The summed E-state index contributed by atoms with van der Waals surface area (Å²) in [5, 5.41) is 0. The summed E-state index contributed by atoms with van der Waals surface area (Å²) in [5.41, 5.74) is 1.33. The molecule has 0 aromatic heterocycles. The van der Waals surface area contributed by atoms with E-state index in [9.17, 15) is 0 Å². The highest BCUT2D eigenvalue weighted by atomic mass is 79.9. The minimum Gasteiger partial charge on any atom is -0.497 e. The van der Waals surface area contributed by atoms with E-state index in [4.69, 9.17) is 9.47 Å². The largest absolute Gasteiger partial charge is 0.497 e. The summed E-state index contributed by atoms with van der Waals surface area (Å²) < 4.78 is 11.7. The smallest absolute Gasteiger partial charge is 0.120 e. The molecule has 0 N–H and O–H groups in total. The number of ether oxygens (including phenoxy) is 2. The lowest BCUT2D eigenvalue weighted by Crippen LogP contribution is -2.36. The van der Waals surface area contributed by atoms with Gasteiger partial charge in [0.05, 0.1) is 20.3 Å². The maximum atomic E-state index is 5.35. The summed E-state index contributed by atoms with van der Waals surface area (Å²) in [6.07, 6.45) is 2.27. The van der Waals surface area contributed by atoms with Crippen molar-refractivity contribution in [2.24, 2.45) is 0 Å². The average Bonchev–Trinajstić information content (AvgIpc) is 2.39. The number of nitrogens with zero attached hydrogens (tertiary/aromatic N) is 1. The van der Waals surface area contributed by atoms with Gasteiger partial charge in [-0.15, -0.1) is 0 Å². The number of benzene rings is 1. The van der Waals surface area contributed by atoms with Gasteiger partial charge in [0.25, 0.3) is 0 Å². The second-order valence-electron chi connectivity index (χ2n) is 4.56. The number of hydrogen-bond acceptors (Lipinski definition) is 3. The Balaban J connectivity index is 1.80. The molecule has 1 aromatic carbocycles. The summed E-state index contributed by atoms with van der Waals surface area (Å²) in [7, 11) is 1.71. The van der Waals surface area contributed by atoms with Gasteiger partial charge in [0.15, 0.2) is 0 Å². The van der Waals surface area contributed by atoms with Gasteiger partial charge >= 0.3 is 0 Å². The van der Waals surface area contributed by atoms with Crippen molar-refractivity contribution < 1.29 is 9.47 Å². The SMILES string of the molecule is COc1cc(Br)cc(CCCN2CCOCC2)c1. The Hall–Kier alpha value is -0.580. The molecule has 0 radical (unpaired) electrons. The van der Waals surface area contributed by atoms with Crippen LogP contribution in [0.25, 0.3) is 0 Å². The van der Waals surface area contributed by atoms with Crippen LogP contribution in [0.3, 0.4) is 0 Å². The Labute approximate surface area is 117 Å². The molecule has 0 amide bonds. The van der Waals surface area contributed by atoms with E-state index in [0.717, 1.165) is 49.5 Å². The predicted octanol–water partition coefficient (Wildman–Crippen LogP) is 2.72. The van der Waals surface area contributed by atoms with Crippen LogP contribution in [-0.4, -0.2) is 44.9 Å². The van der Waals surface area contributed by atoms with E-state index >= 15 is 0 Å². The van der Waals surface area contributed by atoms with Crippen LogP contribution in [0, 0.1) is 0 Å². The van der Waals surface area contributed by atoms with Gasteiger partial charge in [0, 0.05) is 17.6 Å². The molecule has 0 bridgehead atoms. The Bertz CT molecular complexity index is 378. The number of hydrogen-bond donors (Lipinski definition) is 0. The molecule has 0 aliphatic carbocycles. The molecule has 4 heteroatoms. The highest BCUT2D eigenvalue weighted by Crippen LogP contribution is 2.22. The van der Waals surface area contributed by atoms with E-state index in [-0.39, 0.29) is 0 Å². The van der Waals surface area contributed by atoms with E-state index in [2.05, 4.69) is 33.0 Å². The van der Waals surface area contributed by atoms with Crippen LogP contribution < -0.4 is 4.74 Å². The van der Waals surface area contributed by atoms with Crippen molar-refractivity contribution in [2.45, 2.75) is 12.8 Å². The molecule has 2 rings (SSSR count). The van der Waals surface area contributed by atoms with Gasteiger partial charge in [-0.2, -0.15) is 0 Å². The number of rotatable bonds is 5. The van der Waals surface area contributed by atoms with E-state index in [1.807, 2.05) is 6.07 Å². The normalized spacial score (nSPS) is 16.8. The van der Waals surface area contributed by atoms with Crippen LogP contribution in [0.1, 0.15) is 12.0 Å². The number of halogens is 1. The maximum absolute atomic E-state index is 5.35. The van der Waals surface area contributed by atoms with Crippen molar-refractivity contribution in [3.05, 3.63) is 28.2 Å². The molecule has 1 aliphatic heterocycles. The summed E-state index contributed by atoms with van der Waals surface area (Å²) in [4.78, 5) is 2.47. The summed E-state index contributed by atoms with van der Waals surface area (Å²) >= 11 is 3.52. The van der Waals surface area contributed by atoms with E-state index in [1.54, 1.807) is 7.11 Å². The zero-order valence-corrected chi connectivity index (χ0v) is 12.4. The van der Waals surface area contributed by atoms with Crippen molar-refractivity contribution in [2.75, 3.05) is 40.0 Å². The van der Waals surface area contributed by atoms with Crippen LogP contribution in [-0.2, 0) is 11.2 Å². The van der Waals surface area contributed by atoms with E-state index in [0.29, 0.717) is 0 Å². The first-order chi connectivity index (χ1) is 8.78. The minimum absolute atomic E-state index is 0.880. The summed E-state index contributed by atoms with van der Waals surface area (Å²) in [5.74, 6) is 0.922. The molecule has 1 heterocycles. The molecule has 0 spiro atoms. The first kappa shape index (κ1) is 13.8. The molecule has 18 heavy (non-hydrogen) atoms. The Morgan fingerprint density at radius 1 is 1.28 bits per heavy atom. The molecule has 100 valence electrons. The molecule has 1 saturated heterocycles. The first-order valence-electron chi connectivity index (χ1n) is 6.41. The molecule has 3 nitrogen and oxygen atoms in total. The van der Waals surface area contributed by atoms with Gasteiger partial charge in [-0.3, -0.25) is 4.90 Å².